The van der Waals surface area contributed by atoms with Crippen LogP contribution in [0.2, 0.25) is 0 Å². The Kier molecular flexibility index (Phi) is 6.77. The van der Waals surface area contributed by atoms with Gasteiger partial charge in [-0.25, -0.2) is 9.78 Å². The van der Waals surface area contributed by atoms with Crippen molar-refractivity contribution in [2.45, 2.75) is 46.5 Å². The van der Waals surface area contributed by atoms with E-state index in [0.717, 1.165) is 42.0 Å². The number of anilines is 2. The number of rotatable bonds is 7. The zero-order valence-corrected chi connectivity index (χ0v) is 15.7. The highest BCUT2D eigenvalue weighted by Crippen LogP contribution is 2.32. The van der Waals surface area contributed by atoms with Gasteiger partial charge in [-0.05, 0) is 31.5 Å². The lowest BCUT2D eigenvalue weighted by Crippen LogP contribution is -2.14. The molecule has 140 valence electrons. The van der Waals surface area contributed by atoms with Crippen LogP contribution in [0, 0.1) is 6.92 Å². The third kappa shape index (κ3) is 4.84. The average Bonchev–Trinajstić information content (AvgIpc) is 3.00. The first-order valence-electron chi connectivity index (χ1n) is 8.83. The van der Waals surface area contributed by atoms with Crippen LogP contribution in [-0.4, -0.2) is 29.1 Å². The molecule has 7 heteroatoms. The number of nitrogens with zero attached hydrogens (tertiary/aromatic N) is 1. The monoisotopic (exact) mass is 358 g/mol. The molecule has 0 atom stereocenters. The van der Waals surface area contributed by atoms with Crippen LogP contribution in [0.15, 0.2) is 18.2 Å². The lowest BCUT2D eigenvalue weighted by molar-refractivity contribution is -0.116. The van der Waals surface area contributed by atoms with E-state index in [1.165, 1.54) is 7.11 Å². The molecule has 26 heavy (non-hydrogen) atoms. The molecule has 2 aromatic rings. The molecule has 1 aromatic carbocycles. The molecule has 0 saturated carbocycles. The lowest BCUT2D eigenvalue weighted by atomic mass is 10.1. The summed E-state index contributed by atoms with van der Waals surface area (Å²) >= 11 is 0. The molecule has 2 amide bonds. The number of aromatic nitrogens is 2. The average molecular weight is 358 g/mol. The van der Waals surface area contributed by atoms with Crippen LogP contribution in [0.25, 0.3) is 11.3 Å². The Morgan fingerprint density at radius 1 is 1.23 bits per heavy atom. The summed E-state index contributed by atoms with van der Waals surface area (Å²) in [6.07, 6.45) is 2.45. The normalized spacial score (nSPS) is 10.5. The van der Waals surface area contributed by atoms with Crippen LogP contribution in [0.4, 0.5) is 16.2 Å². The molecule has 1 aromatic heterocycles. The van der Waals surface area contributed by atoms with Crippen molar-refractivity contribution >= 4 is 23.4 Å². The van der Waals surface area contributed by atoms with Gasteiger partial charge in [0.1, 0.15) is 5.82 Å². The molecule has 0 radical (unpaired) electrons. The van der Waals surface area contributed by atoms with Gasteiger partial charge in [-0.15, -0.1) is 0 Å². The molecule has 3 N–H and O–H groups in total. The number of aryl methyl sites for hydroxylation is 2. The summed E-state index contributed by atoms with van der Waals surface area (Å²) < 4.78 is 4.63. The maximum absolute atomic E-state index is 12.2. The van der Waals surface area contributed by atoms with Crippen molar-refractivity contribution in [2.24, 2.45) is 0 Å². The molecule has 0 bridgehead atoms. The number of amides is 2. The van der Waals surface area contributed by atoms with E-state index in [4.69, 9.17) is 0 Å². The maximum atomic E-state index is 12.2. The summed E-state index contributed by atoms with van der Waals surface area (Å²) in [4.78, 5) is 31.6. The molecule has 0 spiro atoms. The predicted octanol–water partition coefficient (Wildman–Crippen LogP) is 4.25. The van der Waals surface area contributed by atoms with Gasteiger partial charge in [0.25, 0.3) is 0 Å². The summed E-state index contributed by atoms with van der Waals surface area (Å²) in [5, 5.41) is 5.56. The second-order valence-corrected chi connectivity index (χ2v) is 6.04. The quantitative estimate of drug-likeness (QED) is 0.689. The summed E-state index contributed by atoms with van der Waals surface area (Å²) in [6, 6.07) is 5.31. The minimum atomic E-state index is -0.565. The van der Waals surface area contributed by atoms with Crippen molar-refractivity contribution < 1.29 is 14.3 Å². The van der Waals surface area contributed by atoms with Gasteiger partial charge in [0, 0.05) is 29.8 Å². The van der Waals surface area contributed by atoms with E-state index in [2.05, 4.69) is 25.3 Å². The van der Waals surface area contributed by atoms with Crippen LogP contribution in [0.1, 0.15) is 44.6 Å². The Morgan fingerprint density at radius 2 is 2.00 bits per heavy atom. The second-order valence-electron chi connectivity index (χ2n) is 6.04. The third-order valence-electron chi connectivity index (χ3n) is 4.01. The van der Waals surface area contributed by atoms with Crippen molar-refractivity contribution in [2.75, 3.05) is 17.7 Å². The molecule has 7 nitrogen and oxygen atoms in total. The van der Waals surface area contributed by atoms with E-state index in [1.807, 2.05) is 26.8 Å². The number of unbranched alkanes of at least 4 members (excludes halogenated alkanes) is 1. The highest BCUT2D eigenvalue weighted by molar-refractivity contribution is 5.97. The number of hydrogen-bond acceptors (Lipinski definition) is 4. The molecule has 0 aliphatic rings. The Labute approximate surface area is 153 Å². The SMILES string of the molecule is CCCCC(=O)Nc1cc(NC(=O)OC)ccc1-c1nc(CC)[nH]c1C. The van der Waals surface area contributed by atoms with Crippen molar-refractivity contribution in [3.63, 3.8) is 0 Å². The highest BCUT2D eigenvalue weighted by Gasteiger charge is 2.15. The molecule has 0 unspecified atom stereocenters. The highest BCUT2D eigenvalue weighted by atomic mass is 16.5. The Bertz CT molecular complexity index is 783. The van der Waals surface area contributed by atoms with Gasteiger partial charge in [0.15, 0.2) is 0 Å². The minimum Gasteiger partial charge on any atom is -0.453 e. The minimum absolute atomic E-state index is 0.0628. The van der Waals surface area contributed by atoms with Gasteiger partial charge in [-0.1, -0.05) is 20.3 Å². The standard InChI is InChI=1S/C19H26N4O3/c1-5-7-8-17(24)22-15-11-13(21-19(25)26-4)9-10-14(15)18-12(3)20-16(6-2)23-18/h9-11H,5-8H2,1-4H3,(H,20,23)(H,21,25)(H,22,24). The van der Waals surface area contributed by atoms with Crippen molar-refractivity contribution in [3.05, 3.63) is 29.7 Å². The second kappa shape index (κ2) is 9.03. The van der Waals surface area contributed by atoms with E-state index in [-0.39, 0.29) is 5.91 Å². The van der Waals surface area contributed by atoms with Gasteiger partial charge in [-0.2, -0.15) is 0 Å². The van der Waals surface area contributed by atoms with Crippen LogP contribution in [0.3, 0.4) is 0 Å². The fourth-order valence-electron chi connectivity index (χ4n) is 2.60. The number of aromatic amines is 1. The first-order chi connectivity index (χ1) is 12.5. The molecular formula is C19H26N4O3. The molecular weight excluding hydrogens is 332 g/mol. The topological polar surface area (TPSA) is 96.1 Å². The summed E-state index contributed by atoms with van der Waals surface area (Å²) in [7, 11) is 1.30. The van der Waals surface area contributed by atoms with Gasteiger partial charge in [0.05, 0.1) is 18.5 Å². The smallest absolute Gasteiger partial charge is 0.411 e. The number of H-pyrrole nitrogens is 1. The summed E-state index contributed by atoms with van der Waals surface area (Å²) in [5.74, 6) is 0.824. The molecule has 0 fully saturated rings. The molecule has 0 aliphatic carbocycles. The van der Waals surface area contributed by atoms with Crippen molar-refractivity contribution in [1.29, 1.82) is 0 Å². The first kappa shape index (κ1) is 19.5. The number of nitrogens with one attached hydrogen (secondary N) is 3. The van der Waals surface area contributed by atoms with Crippen LogP contribution < -0.4 is 10.6 Å². The number of methoxy groups -OCH3 is 1. The molecule has 0 saturated heterocycles. The zero-order chi connectivity index (χ0) is 19.1. The van der Waals surface area contributed by atoms with Crippen LogP contribution in [-0.2, 0) is 16.0 Å². The van der Waals surface area contributed by atoms with Gasteiger partial charge in [-0.3, -0.25) is 10.1 Å². The van der Waals surface area contributed by atoms with Gasteiger partial charge < -0.3 is 15.0 Å². The summed E-state index contributed by atoms with van der Waals surface area (Å²) in [5.41, 5.74) is 3.67. The number of carbonyl (C=O) groups excluding carboxylic acids is 2. The van der Waals surface area contributed by atoms with E-state index in [0.29, 0.717) is 17.8 Å². The van der Waals surface area contributed by atoms with Gasteiger partial charge in [0.2, 0.25) is 5.91 Å². The number of imidazole rings is 1. The third-order valence-corrected chi connectivity index (χ3v) is 4.01. The number of carbonyl (C=O) groups is 2. The van der Waals surface area contributed by atoms with Gasteiger partial charge >= 0.3 is 6.09 Å². The lowest BCUT2D eigenvalue weighted by Gasteiger charge is -2.13. The fourth-order valence-corrected chi connectivity index (χ4v) is 2.60. The maximum Gasteiger partial charge on any atom is 0.411 e. The Balaban J connectivity index is 2.39. The van der Waals surface area contributed by atoms with E-state index in [1.54, 1.807) is 12.1 Å². The number of ether oxygens (including phenoxy) is 1. The Morgan fingerprint density at radius 3 is 2.62 bits per heavy atom. The van der Waals surface area contributed by atoms with Crippen LogP contribution in [0.5, 0.6) is 0 Å². The molecule has 0 aliphatic heterocycles. The molecule has 1 heterocycles. The van der Waals surface area contributed by atoms with E-state index >= 15 is 0 Å². The first-order valence-corrected chi connectivity index (χ1v) is 8.83. The van der Waals surface area contributed by atoms with Crippen LogP contribution >= 0.6 is 0 Å². The fraction of sp³-hybridized carbons (Fsp3) is 0.421. The zero-order valence-electron chi connectivity index (χ0n) is 15.7. The Hall–Kier alpha value is -2.83. The summed E-state index contributed by atoms with van der Waals surface area (Å²) in [6.45, 7) is 6.02. The largest absolute Gasteiger partial charge is 0.453 e. The number of hydrogen-bond donors (Lipinski definition) is 3. The van der Waals surface area contributed by atoms with Crippen molar-refractivity contribution in [3.8, 4) is 11.3 Å². The predicted molar refractivity (Wildman–Crippen MR) is 102 cm³/mol. The van der Waals surface area contributed by atoms with E-state index in [9.17, 15) is 9.59 Å². The molecule has 2 rings (SSSR count). The van der Waals surface area contributed by atoms with E-state index < -0.39 is 6.09 Å². The van der Waals surface area contributed by atoms with Crippen molar-refractivity contribution in [1.82, 2.24) is 9.97 Å². The number of benzene rings is 1.